The number of aliphatic carboxylic acids is 1. The van der Waals surface area contributed by atoms with E-state index in [-0.39, 0.29) is 23.4 Å². The van der Waals surface area contributed by atoms with Crippen LogP contribution in [0.2, 0.25) is 5.21 Å². The van der Waals surface area contributed by atoms with Crippen molar-refractivity contribution in [3.05, 3.63) is 101 Å². The number of aryl methyl sites for hydroxylation is 1. The molecule has 0 radical (unpaired) electrons. The first-order chi connectivity index (χ1) is 19.7. The zero-order chi connectivity index (χ0) is 30.7. The van der Waals surface area contributed by atoms with Crippen LogP contribution in [0.25, 0.3) is 11.5 Å². The van der Waals surface area contributed by atoms with Crippen molar-refractivity contribution in [1.29, 1.82) is 0 Å². The Hall–Kier alpha value is -3.83. The van der Waals surface area contributed by atoms with Gasteiger partial charge >= 0.3 is 225 Å². The predicted octanol–water partition coefficient (Wildman–Crippen LogP) is 6.01. The number of carboxylic acid groups (broad SMARTS) is 1. The van der Waals surface area contributed by atoms with Crippen molar-refractivity contribution in [2.75, 3.05) is 11.4 Å². The molecule has 0 amide bonds. The maximum atomic E-state index is 13.7. The molecule has 1 aromatic heterocycles. The van der Waals surface area contributed by atoms with E-state index in [1.54, 1.807) is 31.2 Å². The van der Waals surface area contributed by atoms with Crippen LogP contribution in [0.1, 0.15) is 22.6 Å². The second-order valence-electron chi connectivity index (χ2n) is 9.15. The SMILES string of the molecule is Cc1oc(-c2ccc(C(F)(F)F)cc2)nc1COc1cccc(C[As](CC(=O)O)S(=O)(=O)N(C)c2cccc(F)c2)c1. The summed E-state index contributed by atoms with van der Waals surface area (Å²) in [5.41, 5.74) is 0.620. The van der Waals surface area contributed by atoms with Crippen molar-refractivity contribution >= 4 is 33.4 Å². The first kappa shape index (κ1) is 31.1. The summed E-state index contributed by atoms with van der Waals surface area (Å²) in [5.74, 6) is -0.966. The summed E-state index contributed by atoms with van der Waals surface area (Å²) in [6.07, 6.45) is -4.46. The van der Waals surface area contributed by atoms with Gasteiger partial charge < -0.3 is 0 Å². The fourth-order valence-corrected chi connectivity index (χ4v) is 13.3. The third-order valence-corrected chi connectivity index (χ3v) is 17.5. The molecule has 3 aromatic carbocycles. The summed E-state index contributed by atoms with van der Waals surface area (Å²) < 4.78 is 91.5. The molecule has 14 heteroatoms. The molecular formula is C28H25AsF4N2O6S. The molecule has 0 fully saturated rings. The van der Waals surface area contributed by atoms with E-state index in [1.165, 1.54) is 37.4 Å². The summed E-state index contributed by atoms with van der Waals surface area (Å²) >= 11 is -3.19. The topological polar surface area (TPSA) is 110 Å². The zero-order valence-electron chi connectivity index (χ0n) is 22.3. The van der Waals surface area contributed by atoms with E-state index in [0.717, 1.165) is 22.5 Å². The van der Waals surface area contributed by atoms with E-state index in [0.29, 0.717) is 28.3 Å². The van der Waals surface area contributed by atoms with Crippen molar-refractivity contribution in [2.24, 2.45) is 0 Å². The van der Waals surface area contributed by atoms with Gasteiger partial charge in [-0.25, -0.2) is 0 Å². The van der Waals surface area contributed by atoms with Crippen molar-refractivity contribution < 1.29 is 45.0 Å². The number of carboxylic acids is 1. The Morgan fingerprint density at radius 1 is 1.07 bits per heavy atom. The van der Waals surface area contributed by atoms with Crippen LogP contribution in [0, 0.1) is 12.7 Å². The normalized spacial score (nSPS) is 12.6. The Bertz CT molecular complexity index is 1680. The molecule has 1 N–H and O–H groups in total. The summed E-state index contributed by atoms with van der Waals surface area (Å²) in [5, 5.41) is 8.90. The van der Waals surface area contributed by atoms with E-state index < -0.39 is 50.5 Å². The molecule has 0 aliphatic heterocycles. The summed E-state index contributed by atoms with van der Waals surface area (Å²) in [6.45, 7) is 1.59. The molecule has 8 nitrogen and oxygen atoms in total. The molecule has 42 heavy (non-hydrogen) atoms. The Morgan fingerprint density at radius 3 is 2.40 bits per heavy atom. The van der Waals surface area contributed by atoms with Gasteiger partial charge in [0.25, 0.3) is 0 Å². The predicted molar refractivity (Wildman–Crippen MR) is 148 cm³/mol. The first-order valence-electron chi connectivity index (χ1n) is 12.3. The number of alkyl halides is 3. The minimum absolute atomic E-state index is 0.0143. The van der Waals surface area contributed by atoms with Gasteiger partial charge in [-0.3, -0.25) is 0 Å². The van der Waals surface area contributed by atoms with E-state index in [1.807, 2.05) is 0 Å². The second-order valence-corrected chi connectivity index (χ2v) is 19.5. The molecule has 0 saturated heterocycles. The molecule has 0 aliphatic carbocycles. The maximum absolute atomic E-state index is 13.7. The Labute approximate surface area is 242 Å². The number of ether oxygens (including phenoxy) is 1. The number of hydrogen-bond acceptors (Lipinski definition) is 6. The number of carbonyl (C=O) groups is 1. The molecule has 4 rings (SSSR count). The zero-order valence-corrected chi connectivity index (χ0v) is 25.0. The average Bonchev–Trinajstić information content (AvgIpc) is 3.31. The third kappa shape index (κ3) is 7.51. The molecular weight excluding hydrogens is 643 g/mol. The van der Waals surface area contributed by atoms with Gasteiger partial charge in [0, 0.05) is 0 Å². The van der Waals surface area contributed by atoms with E-state index in [9.17, 15) is 35.9 Å². The molecule has 1 unspecified atom stereocenters. The van der Waals surface area contributed by atoms with Crippen LogP contribution in [0.5, 0.6) is 5.75 Å². The minimum atomic E-state index is -4.46. The first-order valence-corrected chi connectivity index (χ1v) is 18.7. The van der Waals surface area contributed by atoms with Gasteiger partial charge in [-0.15, -0.1) is 0 Å². The van der Waals surface area contributed by atoms with E-state index in [2.05, 4.69) is 4.98 Å². The van der Waals surface area contributed by atoms with E-state index in [4.69, 9.17) is 9.15 Å². The fourth-order valence-electron chi connectivity index (χ4n) is 3.92. The van der Waals surface area contributed by atoms with Crippen LogP contribution in [0.4, 0.5) is 23.2 Å². The number of aromatic nitrogens is 1. The molecule has 0 saturated carbocycles. The number of halogens is 4. The summed E-state index contributed by atoms with van der Waals surface area (Å²) in [6, 6.07) is 16.0. The van der Waals surface area contributed by atoms with Gasteiger partial charge in [0.1, 0.15) is 0 Å². The van der Waals surface area contributed by atoms with Crippen LogP contribution in [0.3, 0.4) is 0 Å². The van der Waals surface area contributed by atoms with Gasteiger partial charge in [0.15, 0.2) is 0 Å². The quantitative estimate of drug-likeness (QED) is 0.154. The van der Waals surface area contributed by atoms with Crippen LogP contribution >= 0.6 is 0 Å². The monoisotopic (exact) mass is 668 g/mol. The molecule has 0 spiro atoms. The molecule has 0 aliphatic rings. The van der Waals surface area contributed by atoms with Crippen molar-refractivity contribution in [1.82, 2.24) is 4.98 Å². The fraction of sp³-hybridized carbons (Fsp3) is 0.214. The van der Waals surface area contributed by atoms with Crippen LogP contribution in [-0.4, -0.2) is 45.0 Å². The molecule has 0 bridgehead atoms. The standard InChI is InChI=1S/C28H25AsF4N2O6S/c1-18-25(34-27(41-18)20-9-11-21(12-10-20)28(31,32)33)17-40-24-8-3-5-19(13-24)15-29(16-26(36)37)42(38,39)35(2)23-7-4-6-22(30)14-23/h3-14H,15-17H2,1-2H3,(H,36,37). The molecule has 4 aromatic rings. The molecule has 1 atom stereocenters. The Kier molecular flexibility index (Phi) is 9.32. The Balaban J connectivity index is 1.48. The van der Waals surface area contributed by atoms with Crippen molar-refractivity contribution in [2.45, 2.75) is 30.1 Å². The van der Waals surface area contributed by atoms with Crippen molar-refractivity contribution in [3.63, 3.8) is 0 Å². The van der Waals surface area contributed by atoms with Gasteiger partial charge in [0.05, 0.1) is 5.56 Å². The summed E-state index contributed by atoms with van der Waals surface area (Å²) in [4.78, 5) is 15.9. The van der Waals surface area contributed by atoms with Crippen LogP contribution in [-0.2, 0) is 31.1 Å². The average molecular weight is 668 g/mol. The number of hydrogen-bond donors (Lipinski definition) is 1. The van der Waals surface area contributed by atoms with Gasteiger partial charge in [-0.1, -0.05) is 0 Å². The molecule has 222 valence electrons. The van der Waals surface area contributed by atoms with Gasteiger partial charge in [0.2, 0.25) is 0 Å². The van der Waals surface area contributed by atoms with E-state index >= 15 is 0 Å². The van der Waals surface area contributed by atoms with Gasteiger partial charge in [-0.2, -0.15) is 13.2 Å². The Morgan fingerprint density at radius 2 is 1.76 bits per heavy atom. The van der Waals surface area contributed by atoms with Crippen LogP contribution in [0.15, 0.2) is 77.2 Å². The van der Waals surface area contributed by atoms with Crippen LogP contribution < -0.4 is 9.04 Å². The molecule has 1 heterocycles. The number of benzene rings is 3. The second kappa shape index (κ2) is 12.6. The number of nitrogens with zero attached hydrogens (tertiary/aromatic N) is 2. The number of anilines is 1. The third-order valence-electron chi connectivity index (χ3n) is 6.14. The number of rotatable bonds is 11. The number of oxazole rings is 1. The van der Waals surface area contributed by atoms with Crippen molar-refractivity contribution in [3.8, 4) is 17.2 Å². The summed E-state index contributed by atoms with van der Waals surface area (Å²) in [7, 11) is -2.80. The van der Waals surface area contributed by atoms with Gasteiger partial charge in [-0.05, 0) is 0 Å².